The lowest BCUT2D eigenvalue weighted by Gasteiger charge is -2.40. The second-order valence-electron chi connectivity index (χ2n) is 9.24. The molecule has 1 aromatic rings. The van der Waals surface area contributed by atoms with Gasteiger partial charge in [0.25, 0.3) is 0 Å². The molecule has 5 nitrogen and oxygen atoms in total. The van der Waals surface area contributed by atoms with E-state index in [0.717, 1.165) is 12.0 Å². The lowest BCUT2D eigenvalue weighted by molar-refractivity contribution is 0.117. The van der Waals surface area contributed by atoms with E-state index in [1.807, 2.05) is 6.92 Å². The fourth-order valence-corrected chi connectivity index (χ4v) is 5.70. The Hall–Kier alpha value is -1.56. The summed E-state index contributed by atoms with van der Waals surface area (Å²) < 4.78 is 23.2. The van der Waals surface area contributed by atoms with E-state index in [-0.39, 0.29) is 28.9 Å². The number of sulfone groups is 1. The topological polar surface area (TPSA) is 66.5 Å². The van der Waals surface area contributed by atoms with Crippen molar-refractivity contribution in [3.05, 3.63) is 29.8 Å². The monoisotopic (exact) mass is 392 g/mol. The maximum absolute atomic E-state index is 12.9. The first-order valence-electron chi connectivity index (χ1n) is 9.71. The summed E-state index contributed by atoms with van der Waals surface area (Å²) in [6.45, 7) is 8.96. The molecule has 2 bridgehead atoms. The van der Waals surface area contributed by atoms with Crippen LogP contribution >= 0.6 is 0 Å². The molecule has 0 aliphatic heterocycles. The molecule has 0 spiro atoms. The Labute approximate surface area is 163 Å². The Morgan fingerprint density at radius 3 is 2.26 bits per heavy atom. The van der Waals surface area contributed by atoms with Crippen LogP contribution in [0.4, 0.5) is 4.79 Å². The molecule has 4 unspecified atom stereocenters. The van der Waals surface area contributed by atoms with Gasteiger partial charge in [0, 0.05) is 19.3 Å². The van der Waals surface area contributed by atoms with Gasteiger partial charge in [-0.1, -0.05) is 32.9 Å². The molecule has 2 aliphatic carbocycles. The fourth-order valence-electron chi connectivity index (χ4n) is 5.07. The molecule has 0 heterocycles. The number of urea groups is 1. The van der Waals surface area contributed by atoms with Gasteiger partial charge in [0.2, 0.25) is 0 Å². The summed E-state index contributed by atoms with van der Waals surface area (Å²) in [7, 11) is -1.42. The van der Waals surface area contributed by atoms with Crippen molar-refractivity contribution in [2.24, 2.45) is 16.7 Å². The molecule has 0 radical (unpaired) electrons. The Balaban J connectivity index is 1.69. The van der Waals surface area contributed by atoms with E-state index in [0.29, 0.717) is 10.8 Å². The number of nitrogens with zero attached hydrogens (tertiary/aromatic N) is 1. The molecule has 150 valence electrons. The second kappa shape index (κ2) is 6.50. The average Bonchev–Trinajstić information content (AvgIpc) is 2.93. The predicted molar refractivity (Wildman–Crippen MR) is 107 cm³/mol. The molecule has 0 saturated heterocycles. The van der Waals surface area contributed by atoms with Gasteiger partial charge in [0.15, 0.2) is 9.84 Å². The van der Waals surface area contributed by atoms with E-state index in [1.165, 1.54) is 19.1 Å². The molecule has 1 N–H and O–H groups in total. The number of fused-ring (bicyclic) bond motifs is 2. The third-order valence-corrected chi connectivity index (χ3v) is 8.91. The van der Waals surface area contributed by atoms with Crippen LogP contribution in [0.5, 0.6) is 0 Å². The Kier molecular flexibility index (Phi) is 4.86. The van der Waals surface area contributed by atoms with Crippen molar-refractivity contribution >= 4 is 15.9 Å². The van der Waals surface area contributed by atoms with Crippen LogP contribution in [-0.2, 0) is 9.84 Å². The molecule has 27 heavy (non-hydrogen) atoms. The van der Waals surface area contributed by atoms with E-state index in [9.17, 15) is 13.2 Å². The van der Waals surface area contributed by atoms with Crippen LogP contribution in [0.3, 0.4) is 0 Å². The average molecular weight is 393 g/mol. The fraction of sp³-hybridized carbons (Fsp3) is 0.667. The molecule has 0 aromatic heterocycles. The number of hydrogen-bond donors (Lipinski definition) is 1. The van der Waals surface area contributed by atoms with Crippen LogP contribution in [0.15, 0.2) is 29.2 Å². The lowest BCUT2D eigenvalue weighted by Crippen LogP contribution is -2.50. The van der Waals surface area contributed by atoms with E-state index < -0.39 is 9.84 Å². The first kappa shape index (κ1) is 20.2. The van der Waals surface area contributed by atoms with Crippen molar-refractivity contribution < 1.29 is 13.2 Å². The largest absolute Gasteiger partial charge is 0.335 e. The van der Waals surface area contributed by atoms with Gasteiger partial charge < -0.3 is 10.2 Å². The minimum atomic E-state index is -3.21. The van der Waals surface area contributed by atoms with Crippen LogP contribution in [0.2, 0.25) is 0 Å². The zero-order valence-corrected chi connectivity index (χ0v) is 18.1. The van der Waals surface area contributed by atoms with Gasteiger partial charge in [-0.3, -0.25) is 0 Å². The number of carbonyl (C=O) groups excluding carboxylic acids is 1. The highest BCUT2D eigenvalue weighted by molar-refractivity contribution is 7.90. The van der Waals surface area contributed by atoms with Crippen LogP contribution in [0.25, 0.3) is 0 Å². The molecule has 3 rings (SSSR count). The molecule has 1 aromatic carbocycles. The van der Waals surface area contributed by atoms with Gasteiger partial charge >= 0.3 is 6.03 Å². The Morgan fingerprint density at radius 1 is 1.22 bits per heavy atom. The van der Waals surface area contributed by atoms with Gasteiger partial charge in [-0.15, -0.1) is 0 Å². The standard InChI is InChI=1S/C21H32N2O3S/c1-14(15-7-9-17(10-8-15)27(6,25)26)23(5)19(24)22-18-13-16-11-12-21(18,4)20(16,2)3/h7-10,14,16,18H,11-13H2,1-6H3,(H,22,24). The van der Waals surface area contributed by atoms with Gasteiger partial charge in [-0.05, 0) is 60.6 Å². The van der Waals surface area contributed by atoms with Gasteiger partial charge in [-0.2, -0.15) is 0 Å². The summed E-state index contributed by atoms with van der Waals surface area (Å²) in [5.74, 6) is 0.680. The van der Waals surface area contributed by atoms with Crippen LogP contribution in [0, 0.1) is 16.7 Å². The zero-order chi connectivity index (χ0) is 20.2. The van der Waals surface area contributed by atoms with Crippen LogP contribution in [-0.4, -0.2) is 38.7 Å². The van der Waals surface area contributed by atoms with E-state index >= 15 is 0 Å². The normalized spacial score (nSPS) is 30.1. The maximum atomic E-state index is 12.9. The SMILES string of the molecule is CC(c1ccc(S(C)(=O)=O)cc1)N(C)C(=O)NC1CC2CCC1(C)C2(C)C. The Morgan fingerprint density at radius 2 is 1.81 bits per heavy atom. The van der Waals surface area contributed by atoms with Crippen molar-refractivity contribution in [1.82, 2.24) is 10.2 Å². The molecule has 2 aliphatic rings. The summed E-state index contributed by atoms with van der Waals surface area (Å²) >= 11 is 0. The molecule has 4 atom stereocenters. The zero-order valence-electron chi connectivity index (χ0n) is 17.2. The van der Waals surface area contributed by atoms with E-state index in [1.54, 1.807) is 36.2 Å². The highest BCUT2D eigenvalue weighted by atomic mass is 32.2. The van der Waals surface area contributed by atoms with E-state index in [4.69, 9.17) is 0 Å². The summed E-state index contributed by atoms with van der Waals surface area (Å²) in [6.07, 6.45) is 4.68. The number of nitrogens with one attached hydrogen (secondary N) is 1. The Bertz CT molecular complexity index is 831. The number of rotatable bonds is 4. The van der Waals surface area contributed by atoms with Crippen molar-refractivity contribution in [3.8, 4) is 0 Å². The van der Waals surface area contributed by atoms with Gasteiger partial charge in [0.1, 0.15) is 0 Å². The summed E-state index contributed by atoms with van der Waals surface area (Å²) in [4.78, 5) is 14.9. The maximum Gasteiger partial charge on any atom is 0.317 e. The summed E-state index contributed by atoms with van der Waals surface area (Å²) in [6, 6.07) is 6.78. The van der Waals surface area contributed by atoms with Gasteiger partial charge in [-0.25, -0.2) is 13.2 Å². The number of amides is 2. The first-order valence-corrected chi connectivity index (χ1v) is 11.6. The molecular weight excluding hydrogens is 360 g/mol. The first-order chi connectivity index (χ1) is 12.4. The highest BCUT2D eigenvalue weighted by Gasteiger charge is 2.61. The highest BCUT2D eigenvalue weighted by Crippen LogP contribution is 2.65. The molecular formula is C21H32N2O3S. The second-order valence-corrected chi connectivity index (χ2v) is 11.3. The van der Waals surface area contributed by atoms with Crippen molar-refractivity contribution in [3.63, 3.8) is 0 Å². The quantitative estimate of drug-likeness (QED) is 0.842. The van der Waals surface area contributed by atoms with Crippen LogP contribution < -0.4 is 5.32 Å². The number of hydrogen-bond acceptors (Lipinski definition) is 3. The molecule has 2 saturated carbocycles. The molecule has 6 heteroatoms. The predicted octanol–water partition coefficient (Wildman–Crippen LogP) is 4.01. The third-order valence-electron chi connectivity index (χ3n) is 7.78. The molecule has 2 amide bonds. The van der Waals surface area contributed by atoms with E-state index in [2.05, 4.69) is 26.1 Å². The third kappa shape index (κ3) is 3.26. The van der Waals surface area contributed by atoms with Crippen molar-refractivity contribution in [1.29, 1.82) is 0 Å². The smallest absolute Gasteiger partial charge is 0.317 e. The molecule has 2 fully saturated rings. The number of carbonyl (C=O) groups is 1. The summed E-state index contributed by atoms with van der Waals surface area (Å²) in [5.41, 5.74) is 1.32. The van der Waals surface area contributed by atoms with Gasteiger partial charge in [0.05, 0.1) is 10.9 Å². The lowest BCUT2D eigenvalue weighted by atomic mass is 9.69. The van der Waals surface area contributed by atoms with Crippen molar-refractivity contribution in [2.75, 3.05) is 13.3 Å². The number of benzene rings is 1. The van der Waals surface area contributed by atoms with Crippen LogP contribution in [0.1, 0.15) is 58.6 Å². The van der Waals surface area contributed by atoms with Crippen molar-refractivity contribution in [2.45, 2.75) is 63.9 Å². The summed E-state index contributed by atoms with van der Waals surface area (Å²) in [5, 5.41) is 3.28. The minimum Gasteiger partial charge on any atom is -0.335 e. The minimum absolute atomic E-state index is 0.0655.